The molecule has 88 valence electrons. The number of amides is 1. The highest BCUT2D eigenvalue weighted by atomic mass is 16.1. The van der Waals surface area contributed by atoms with E-state index in [0.29, 0.717) is 12.2 Å². The normalized spacial score (nSPS) is 12.2. The molecule has 3 N–H and O–H groups in total. The van der Waals surface area contributed by atoms with E-state index in [2.05, 4.69) is 10.3 Å². The van der Waals surface area contributed by atoms with Crippen LogP contribution in [-0.2, 0) is 0 Å². The van der Waals surface area contributed by atoms with Crippen LogP contribution in [0, 0.1) is 6.92 Å². The number of pyridine rings is 1. The molecule has 0 radical (unpaired) electrons. The molecule has 16 heavy (non-hydrogen) atoms. The average molecular weight is 221 g/mol. The fraction of sp³-hybridized carbons (Fsp3) is 0.500. The maximum atomic E-state index is 11.8. The van der Waals surface area contributed by atoms with Gasteiger partial charge in [0.25, 0.3) is 5.91 Å². The van der Waals surface area contributed by atoms with E-state index in [1.54, 1.807) is 6.07 Å². The lowest BCUT2D eigenvalue weighted by molar-refractivity contribution is 0.0933. The Labute approximate surface area is 96.3 Å². The van der Waals surface area contributed by atoms with Gasteiger partial charge < -0.3 is 11.1 Å². The molecule has 4 heteroatoms. The summed E-state index contributed by atoms with van der Waals surface area (Å²) >= 11 is 0. The molecule has 0 aliphatic heterocycles. The number of aromatic nitrogens is 1. The number of aryl methyl sites for hydroxylation is 1. The van der Waals surface area contributed by atoms with E-state index in [0.717, 1.165) is 18.5 Å². The van der Waals surface area contributed by atoms with Gasteiger partial charge >= 0.3 is 0 Å². The van der Waals surface area contributed by atoms with Crippen LogP contribution in [0.3, 0.4) is 0 Å². The van der Waals surface area contributed by atoms with Crippen LogP contribution in [-0.4, -0.2) is 23.5 Å². The first-order chi connectivity index (χ1) is 7.63. The molecule has 0 saturated heterocycles. The molecule has 0 spiro atoms. The molecule has 0 aliphatic rings. The van der Waals surface area contributed by atoms with Crippen molar-refractivity contribution in [2.24, 2.45) is 5.73 Å². The molecule has 1 rings (SSSR count). The van der Waals surface area contributed by atoms with Crippen molar-refractivity contribution < 1.29 is 4.79 Å². The summed E-state index contributed by atoms with van der Waals surface area (Å²) in [5.74, 6) is -0.117. The Morgan fingerprint density at radius 1 is 1.56 bits per heavy atom. The zero-order valence-corrected chi connectivity index (χ0v) is 9.86. The van der Waals surface area contributed by atoms with Gasteiger partial charge in [-0.25, -0.2) is 4.98 Å². The summed E-state index contributed by atoms with van der Waals surface area (Å²) in [4.78, 5) is 15.9. The third-order valence-electron chi connectivity index (χ3n) is 2.34. The standard InChI is InChI=1S/C12H19N3O/c1-9-5-3-7-11(14-9)12(16)15-10(2)6-4-8-13/h3,5,7,10H,4,6,8,13H2,1-2H3,(H,15,16). The number of carbonyl (C=O) groups excluding carboxylic acids is 1. The summed E-state index contributed by atoms with van der Waals surface area (Å²) in [6.07, 6.45) is 1.82. The van der Waals surface area contributed by atoms with Crippen molar-refractivity contribution in [1.82, 2.24) is 10.3 Å². The number of carbonyl (C=O) groups is 1. The highest BCUT2D eigenvalue weighted by Crippen LogP contribution is 2.00. The number of nitrogens with one attached hydrogen (secondary N) is 1. The third kappa shape index (κ3) is 3.98. The summed E-state index contributed by atoms with van der Waals surface area (Å²) in [6, 6.07) is 5.56. The van der Waals surface area contributed by atoms with Crippen LogP contribution in [0.25, 0.3) is 0 Å². The van der Waals surface area contributed by atoms with Gasteiger partial charge in [0.15, 0.2) is 0 Å². The quantitative estimate of drug-likeness (QED) is 0.786. The van der Waals surface area contributed by atoms with E-state index in [-0.39, 0.29) is 11.9 Å². The summed E-state index contributed by atoms with van der Waals surface area (Å²) in [5, 5.41) is 2.90. The number of nitrogens with two attached hydrogens (primary N) is 1. The van der Waals surface area contributed by atoms with Crippen LogP contribution in [0.1, 0.15) is 35.9 Å². The minimum Gasteiger partial charge on any atom is -0.348 e. The lowest BCUT2D eigenvalue weighted by atomic mass is 10.2. The van der Waals surface area contributed by atoms with Crippen LogP contribution in [0.15, 0.2) is 18.2 Å². The van der Waals surface area contributed by atoms with E-state index in [9.17, 15) is 4.79 Å². The molecular weight excluding hydrogens is 202 g/mol. The Balaban J connectivity index is 2.52. The molecule has 0 aromatic carbocycles. The predicted octanol–water partition coefficient (Wildman–Crippen LogP) is 1.25. The molecule has 0 bridgehead atoms. The zero-order chi connectivity index (χ0) is 12.0. The van der Waals surface area contributed by atoms with E-state index in [1.165, 1.54) is 0 Å². The summed E-state index contributed by atoms with van der Waals surface area (Å²) < 4.78 is 0. The Morgan fingerprint density at radius 3 is 2.94 bits per heavy atom. The van der Waals surface area contributed by atoms with Gasteiger partial charge in [-0.1, -0.05) is 6.07 Å². The van der Waals surface area contributed by atoms with Gasteiger partial charge in [-0.2, -0.15) is 0 Å². The largest absolute Gasteiger partial charge is 0.348 e. The van der Waals surface area contributed by atoms with Crippen LogP contribution in [0.2, 0.25) is 0 Å². The van der Waals surface area contributed by atoms with Crippen molar-refractivity contribution in [2.75, 3.05) is 6.54 Å². The first kappa shape index (κ1) is 12.6. The molecule has 1 unspecified atom stereocenters. The minimum atomic E-state index is -0.117. The molecule has 1 amide bonds. The van der Waals surface area contributed by atoms with Crippen LogP contribution in [0.4, 0.5) is 0 Å². The van der Waals surface area contributed by atoms with E-state index in [4.69, 9.17) is 5.73 Å². The van der Waals surface area contributed by atoms with Gasteiger partial charge in [0, 0.05) is 11.7 Å². The Bertz CT molecular complexity index is 352. The van der Waals surface area contributed by atoms with Crippen molar-refractivity contribution >= 4 is 5.91 Å². The minimum absolute atomic E-state index is 0.117. The highest BCUT2D eigenvalue weighted by Gasteiger charge is 2.10. The average Bonchev–Trinajstić information content (AvgIpc) is 2.26. The maximum Gasteiger partial charge on any atom is 0.270 e. The smallest absolute Gasteiger partial charge is 0.270 e. The van der Waals surface area contributed by atoms with E-state index in [1.807, 2.05) is 26.0 Å². The first-order valence-corrected chi connectivity index (χ1v) is 5.58. The monoisotopic (exact) mass is 221 g/mol. The molecule has 0 fully saturated rings. The van der Waals surface area contributed by atoms with Crippen LogP contribution in [0.5, 0.6) is 0 Å². The number of hydrogen-bond acceptors (Lipinski definition) is 3. The van der Waals surface area contributed by atoms with Crippen molar-refractivity contribution in [3.8, 4) is 0 Å². The van der Waals surface area contributed by atoms with Gasteiger partial charge in [0.2, 0.25) is 0 Å². The second-order valence-electron chi connectivity index (χ2n) is 3.97. The summed E-state index contributed by atoms with van der Waals surface area (Å²) in [7, 11) is 0. The SMILES string of the molecule is Cc1cccc(C(=O)NC(C)CCCN)n1. The van der Waals surface area contributed by atoms with Crippen molar-refractivity contribution in [3.05, 3.63) is 29.6 Å². The van der Waals surface area contributed by atoms with Crippen LogP contribution < -0.4 is 11.1 Å². The number of nitrogens with zero attached hydrogens (tertiary/aromatic N) is 1. The summed E-state index contributed by atoms with van der Waals surface area (Å²) in [5.41, 5.74) is 6.73. The fourth-order valence-electron chi connectivity index (χ4n) is 1.46. The van der Waals surface area contributed by atoms with Crippen molar-refractivity contribution in [2.45, 2.75) is 32.7 Å². The van der Waals surface area contributed by atoms with Crippen molar-refractivity contribution in [3.63, 3.8) is 0 Å². The van der Waals surface area contributed by atoms with Gasteiger partial charge in [-0.3, -0.25) is 4.79 Å². The summed E-state index contributed by atoms with van der Waals surface area (Å²) in [6.45, 7) is 4.50. The van der Waals surface area contributed by atoms with Gasteiger partial charge in [0.05, 0.1) is 0 Å². The molecule has 1 aromatic heterocycles. The second kappa shape index (κ2) is 6.23. The van der Waals surface area contributed by atoms with Gasteiger partial charge in [-0.15, -0.1) is 0 Å². The van der Waals surface area contributed by atoms with Gasteiger partial charge in [-0.05, 0) is 45.4 Å². The third-order valence-corrected chi connectivity index (χ3v) is 2.34. The molecule has 0 saturated carbocycles. The number of rotatable bonds is 5. The van der Waals surface area contributed by atoms with E-state index >= 15 is 0 Å². The lowest BCUT2D eigenvalue weighted by Crippen LogP contribution is -2.33. The Hall–Kier alpha value is -1.42. The highest BCUT2D eigenvalue weighted by molar-refractivity contribution is 5.92. The molecule has 1 atom stereocenters. The molecular formula is C12H19N3O. The topological polar surface area (TPSA) is 68.0 Å². The number of hydrogen-bond donors (Lipinski definition) is 2. The van der Waals surface area contributed by atoms with E-state index < -0.39 is 0 Å². The Morgan fingerprint density at radius 2 is 2.31 bits per heavy atom. The molecule has 0 aliphatic carbocycles. The van der Waals surface area contributed by atoms with Crippen molar-refractivity contribution in [1.29, 1.82) is 0 Å². The lowest BCUT2D eigenvalue weighted by Gasteiger charge is -2.12. The Kier molecular flexibility index (Phi) is 4.92. The maximum absolute atomic E-state index is 11.8. The van der Waals surface area contributed by atoms with Gasteiger partial charge in [0.1, 0.15) is 5.69 Å². The zero-order valence-electron chi connectivity index (χ0n) is 9.86. The first-order valence-electron chi connectivity index (χ1n) is 5.58. The second-order valence-corrected chi connectivity index (χ2v) is 3.97. The van der Waals surface area contributed by atoms with Crippen LogP contribution >= 0.6 is 0 Å². The molecule has 4 nitrogen and oxygen atoms in total. The predicted molar refractivity (Wildman–Crippen MR) is 64.2 cm³/mol. The molecule has 1 heterocycles. The molecule has 1 aromatic rings. The fourth-order valence-corrected chi connectivity index (χ4v) is 1.46.